The number of hydrogen-bond acceptors (Lipinski definition) is 2. The number of benzene rings is 1. The van der Waals surface area contributed by atoms with Crippen molar-refractivity contribution < 1.29 is 4.74 Å². The summed E-state index contributed by atoms with van der Waals surface area (Å²) in [5.41, 5.74) is 1.36. The zero-order valence-electron chi connectivity index (χ0n) is 12.6. The number of rotatable bonds is 9. The van der Waals surface area contributed by atoms with E-state index in [9.17, 15) is 0 Å². The van der Waals surface area contributed by atoms with E-state index in [-0.39, 0.29) is 0 Å². The first-order chi connectivity index (χ1) is 9.63. The minimum Gasteiger partial charge on any atom is -0.379 e. The van der Waals surface area contributed by atoms with E-state index in [1.165, 1.54) is 18.4 Å². The lowest BCUT2D eigenvalue weighted by Gasteiger charge is -2.19. The second-order valence-electron chi connectivity index (χ2n) is 6.09. The van der Waals surface area contributed by atoms with Crippen LogP contribution >= 0.6 is 11.6 Å². The van der Waals surface area contributed by atoms with Gasteiger partial charge in [0, 0.05) is 17.7 Å². The number of nitrogens with one attached hydrogen (secondary N) is 1. The van der Waals surface area contributed by atoms with Gasteiger partial charge < -0.3 is 10.1 Å². The normalized spacial score (nSPS) is 16.6. The molecule has 0 spiro atoms. The quantitative estimate of drug-likeness (QED) is 0.741. The van der Waals surface area contributed by atoms with Gasteiger partial charge in [0.15, 0.2) is 0 Å². The fraction of sp³-hybridized carbons (Fsp3) is 0.647. The van der Waals surface area contributed by atoms with Crippen LogP contribution in [0.3, 0.4) is 0 Å². The predicted molar refractivity (Wildman–Crippen MR) is 85.4 cm³/mol. The second-order valence-corrected chi connectivity index (χ2v) is 6.52. The second kappa shape index (κ2) is 8.02. The molecule has 3 heteroatoms. The van der Waals surface area contributed by atoms with Crippen molar-refractivity contribution in [3.05, 3.63) is 34.9 Å². The lowest BCUT2D eigenvalue weighted by molar-refractivity contribution is 0.0682. The zero-order chi connectivity index (χ0) is 14.4. The first kappa shape index (κ1) is 15.8. The Bertz CT molecular complexity index is 386. The molecule has 1 unspecified atom stereocenters. The number of ether oxygens (including phenoxy) is 1. The molecule has 20 heavy (non-hydrogen) atoms. The van der Waals surface area contributed by atoms with Crippen molar-refractivity contribution >= 4 is 11.6 Å². The van der Waals surface area contributed by atoms with Crippen molar-refractivity contribution in [3.8, 4) is 0 Å². The molecule has 0 saturated heterocycles. The van der Waals surface area contributed by atoms with Gasteiger partial charge in [-0.05, 0) is 69.7 Å². The highest BCUT2D eigenvalue weighted by molar-refractivity contribution is 6.30. The van der Waals surface area contributed by atoms with Crippen LogP contribution in [0, 0.1) is 5.92 Å². The first-order valence-corrected chi connectivity index (χ1v) is 8.10. The van der Waals surface area contributed by atoms with Crippen LogP contribution in [-0.4, -0.2) is 25.3 Å². The maximum Gasteiger partial charge on any atom is 0.0518 e. The Balaban J connectivity index is 1.81. The molecule has 1 aliphatic rings. The molecule has 0 bridgehead atoms. The average molecular weight is 296 g/mol. The Morgan fingerprint density at radius 3 is 2.55 bits per heavy atom. The van der Waals surface area contributed by atoms with E-state index >= 15 is 0 Å². The average Bonchev–Trinajstić information content (AvgIpc) is 3.22. The predicted octanol–water partition coefficient (Wildman–Crippen LogP) is 4.07. The smallest absolute Gasteiger partial charge is 0.0518 e. The molecule has 1 saturated carbocycles. The summed E-state index contributed by atoms with van der Waals surface area (Å²) in [4.78, 5) is 0. The topological polar surface area (TPSA) is 21.3 Å². The maximum absolute atomic E-state index is 5.95. The molecule has 2 rings (SSSR count). The van der Waals surface area contributed by atoms with Crippen molar-refractivity contribution in [2.24, 2.45) is 5.92 Å². The highest BCUT2D eigenvalue weighted by Gasteiger charge is 2.22. The minimum atomic E-state index is 0.322. The fourth-order valence-electron chi connectivity index (χ4n) is 2.32. The van der Waals surface area contributed by atoms with E-state index in [0.717, 1.165) is 37.1 Å². The Morgan fingerprint density at radius 1 is 1.25 bits per heavy atom. The molecule has 1 fully saturated rings. The summed E-state index contributed by atoms with van der Waals surface area (Å²) in [5, 5.41) is 4.45. The van der Waals surface area contributed by atoms with Crippen molar-refractivity contribution in [1.82, 2.24) is 5.32 Å². The molecule has 1 atom stereocenters. The summed E-state index contributed by atoms with van der Waals surface area (Å²) in [7, 11) is 0. The summed E-state index contributed by atoms with van der Waals surface area (Å²) in [6, 6.07) is 9.00. The van der Waals surface area contributed by atoms with E-state index in [1.54, 1.807) is 0 Å². The van der Waals surface area contributed by atoms with Crippen molar-refractivity contribution in [2.45, 2.75) is 51.7 Å². The molecule has 0 aliphatic heterocycles. The molecule has 0 aromatic heterocycles. The summed E-state index contributed by atoms with van der Waals surface area (Å²) in [6.07, 6.45) is 5.22. The summed E-state index contributed by atoms with van der Waals surface area (Å²) >= 11 is 5.95. The minimum absolute atomic E-state index is 0.322. The molecule has 0 amide bonds. The number of hydrogen-bond donors (Lipinski definition) is 1. The van der Waals surface area contributed by atoms with E-state index in [0.29, 0.717) is 12.0 Å². The molecule has 0 radical (unpaired) electrons. The van der Waals surface area contributed by atoms with Crippen LogP contribution in [0.15, 0.2) is 24.3 Å². The summed E-state index contributed by atoms with van der Waals surface area (Å²) in [6.45, 7) is 6.13. The molecule has 1 aromatic carbocycles. The third-order valence-electron chi connectivity index (χ3n) is 3.69. The van der Waals surface area contributed by atoms with Crippen molar-refractivity contribution in [2.75, 3.05) is 13.2 Å². The standard InChI is InChI=1S/C17H26ClNO/c1-13(2)20-10-9-15(12-19-17-7-8-17)11-14-3-5-16(18)6-4-14/h3-6,13,15,17,19H,7-12H2,1-2H3. The lowest BCUT2D eigenvalue weighted by Crippen LogP contribution is -2.27. The summed E-state index contributed by atoms with van der Waals surface area (Å²) in [5.74, 6) is 0.635. The van der Waals surface area contributed by atoms with Gasteiger partial charge in [0.05, 0.1) is 6.10 Å². The van der Waals surface area contributed by atoms with E-state index in [1.807, 2.05) is 12.1 Å². The van der Waals surface area contributed by atoms with Gasteiger partial charge in [0.2, 0.25) is 0 Å². The van der Waals surface area contributed by atoms with E-state index in [4.69, 9.17) is 16.3 Å². The van der Waals surface area contributed by atoms with E-state index in [2.05, 4.69) is 31.3 Å². The van der Waals surface area contributed by atoms with Crippen LogP contribution in [0.1, 0.15) is 38.7 Å². The van der Waals surface area contributed by atoms with Crippen LogP contribution in [0.5, 0.6) is 0 Å². The van der Waals surface area contributed by atoms with Gasteiger partial charge in [-0.2, -0.15) is 0 Å². The van der Waals surface area contributed by atoms with E-state index < -0.39 is 0 Å². The maximum atomic E-state index is 5.95. The van der Waals surface area contributed by atoms with Gasteiger partial charge in [-0.15, -0.1) is 0 Å². The van der Waals surface area contributed by atoms with Gasteiger partial charge in [-0.3, -0.25) is 0 Å². The largest absolute Gasteiger partial charge is 0.379 e. The zero-order valence-corrected chi connectivity index (χ0v) is 13.3. The third-order valence-corrected chi connectivity index (χ3v) is 3.94. The lowest BCUT2D eigenvalue weighted by atomic mass is 9.96. The molecule has 1 N–H and O–H groups in total. The third kappa shape index (κ3) is 6.25. The summed E-state index contributed by atoms with van der Waals surface area (Å²) < 4.78 is 5.70. The molecule has 0 heterocycles. The Hall–Kier alpha value is -0.570. The van der Waals surface area contributed by atoms with Gasteiger partial charge in [-0.1, -0.05) is 23.7 Å². The Morgan fingerprint density at radius 2 is 1.95 bits per heavy atom. The fourth-order valence-corrected chi connectivity index (χ4v) is 2.45. The molecule has 112 valence electrons. The van der Waals surface area contributed by atoms with Crippen LogP contribution < -0.4 is 5.32 Å². The van der Waals surface area contributed by atoms with Crippen molar-refractivity contribution in [1.29, 1.82) is 0 Å². The SMILES string of the molecule is CC(C)OCCC(CNC1CC1)Cc1ccc(Cl)cc1. The molecular formula is C17H26ClNO. The number of halogens is 1. The molecule has 1 aliphatic carbocycles. The molecular weight excluding hydrogens is 270 g/mol. The highest BCUT2D eigenvalue weighted by atomic mass is 35.5. The Labute approximate surface area is 127 Å². The van der Waals surface area contributed by atoms with Crippen LogP contribution in [0.4, 0.5) is 0 Å². The Kier molecular flexibility index (Phi) is 6.34. The van der Waals surface area contributed by atoms with Crippen molar-refractivity contribution in [3.63, 3.8) is 0 Å². The van der Waals surface area contributed by atoms with Gasteiger partial charge in [0.25, 0.3) is 0 Å². The van der Waals surface area contributed by atoms with Gasteiger partial charge >= 0.3 is 0 Å². The van der Waals surface area contributed by atoms with Gasteiger partial charge in [-0.25, -0.2) is 0 Å². The van der Waals surface area contributed by atoms with Crippen LogP contribution in [0.25, 0.3) is 0 Å². The van der Waals surface area contributed by atoms with Crippen LogP contribution in [-0.2, 0) is 11.2 Å². The first-order valence-electron chi connectivity index (χ1n) is 7.73. The molecule has 1 aromatic rings. The van der Waals surface area contributed by atoms with Gasteiger partial charge in [0.1, 0.15) is 0 Å². The molecule has 2 nitrogen and oxygen atoms in total. The highest BCUT2D eigenvalue weighted by Crippen LogP contribution is 2.21. The monoisotopic (exact) mass is 295 g/mol. The van der Waals surface area contributed by atoms with Crippen LogP contribution in [0.2, 0.25) is 5.02 Å².